The summed E-state index contributed by atoms with van der Waals surface area (Å²) < 4.78 is 0. The zero-order valence-corrected chi connectivity index (χ0v) is 8.28. The van der Waals surface area contributed by atoms with Crippen molar-refractivity contribution < 1.29 is 4.79 Å². The number of halogens is 1. The fourth-order valence-corrected chi connectivity index (χ4v) is 1.12. The lowest BCUT2D eigenvalue weighted by atomic mass is 10.1. The van der Waals surface area contributed by atoms with E-state index in [4.69, 9.17) is 0 Å². The van der Waals surface area contributed by atoms with Gasteiger partial charge < -0.3 is 4.79 Å². The highest BCUT2D eigenvalue weighted by molar-refractivity contribution is 9.09. The van der Waals surface area contributed by atoms with Gasteiger partial charge in [-0.05, 0) is 19.8 Å². The molecule has 1 unspecified atom stereocenters. The molecule has 0 rings (SSSR count). The van der Waals surface area contributed by atoms with Crippen LogP contribution in [0.15, 0.2) is 0 Å². The second-order valence-electron chi connectivity index (χ2n) is 2.73. The summed E-state index contributed by atoms with van der Waals surface area (Å²) in [5.41, 5.74) is 0. The van der Waals surface area contributed by atoms with Gasteiger partial charge in [0.2, 0.25) is 0 Å². The average molecular weight is 207 g/mol. The van der Waals surface area contributed by atoms with Crippen LogP contribution in [0.3, 0.4) is 0 Å². The molecule has 0 bridgehead atoms. The third kappa shape index (κ3) is 8.15. The molecule has 0 aromatic carbocycles. The molecule has 0 fully saturated rings. The first kappa shape index (κ1) is 10.2. The Balaban J connectivity index is 2.98. The number of carbonyl (C=O) groups excluding carboxylic acids is 1. The van der Waals surface area contributed by atoms with E-state index in [0.29, 0.717) is 10.6 Å². The van der Waals surface area contributed by atoms with Crippen LogP contribution in [-0.2, 0) is 4.79 Å². The van der Waals surface area contributed by atoms with Crippen molar-refractivity contribution >= 4 is 21.7 Å². The fraction of sp³-hybridized carbons (Fsp3) is 0.875. The number of hydrogen-bond acceptors (Lipinski definition) is 1. The third-order valence-electron chi connectivity index (χ3n) is 1.38. The number of Topliss-reactive ketones (excluding diaryl/α,β-unsaturated/α-hetero) is 1. The topological polar surface area (TPSA) is 17.1 Å². The van der Waals surface area contributed by atoms with Gasteiger partial charge in [-0.2, -0.15) is 0 Å². The predicted octanol–water partition coefficient (Wildman–Crippen LogP) is 2.92. The van der Waals surface area contributed by atoms with Gasteiger partial charge in [0.05, 0.1) is 0 Å². The Morgan fingerprint density at radius 2 is 2.10 bits per heavy atom. The van der Waals surface area contributed by atoms with E-state index >= 15 is 0 Å². The van der Waals surface area contributed by atoms with Gasteiger partial charge in [0, 0.05) is 11.2 Å². The number of rotatable bonds is 5. The van der Waals surface area contributed by atoms with Crippen LogP contribution in [-0.4, -0.2) is 10.6 Å². The Bertz CT molecular complexity index is 99.4. The molecule has 0 aliphatic heterocycles. The van der Waals surface area contributed by atoms with Crippen LogP contribution < -0.4 is 0 Å². The lowest BCUT2D eigenvalue weighted by Gasteiger charge is -2.00. The van der Waals surface area contributed by atoms with E-state index in [-0.39, 0.29) is 0 Å². The van der Waals surface area contributed by atoms with Crippen LogP contribution in [0.2, 0.25) is 0 Å². The molecular formula is C8H15BrO. The van der Waals surface area contributed by atoms with Gasteiger partial charge in [-0.25, -0.2) is 0 Å². The van der Waals surface area contributed by atoms with Crippen LogP contribution in [0.4, 0.5) is 0 Å². The zero-order valence-electron chi connectivity index (χ0n) is 6.69. The van der Waals surface area contributed by atoms with Crippen LogP contribution >= 0.6 is 15.9 Å². The van der Waals surface area contributed by atoms with Crippen molar-refractivity contribution in [2.45, 2.75) is 44.4 Å². The van der Waals surface area contributed by atoms with Crippen molar-refractivity contribution in [1.82, 2.24) is 0 Å². The molecule has 0 aromatic heterocycles. The van der Waals surface area contributed by atoms with Crippen molar-refractivity contribution in [2.24, 2.45) is 0 Å². The average Bonchev–Trinajstić information content (AvgIpc) is 1.79. The van der Waals surface area contributed by atoms with E-state index in [1.807, 2.05) is 0 Å². The van der Waals surface area contributed by atoms with Crippen LogP contribution in [0, 0.1) is 0 Å². The lowest BCUT2D eigenvalue weighted by Crippen LogP contribution is -1.93. The van der Waals surface area contributed by atoms with E-state index in [1.165, 1.54) is 6.42 Å². The maximum Gasteiger partial charge on any atom is 0.129 e. The molecule has 1 nitrogen and oxygen atoms in total. The Morgan fingerprint density at radius 3 is 2.50 bits per heavy atom. The highest BCUT2D eigenvalue weighted by Gasteiger charge is 1.96. The van der Waals surface area contributed by atoms with Crippen LogP contribution in [0.5, 0.6) is 0 Å². The smallest absolute Gasteiger partial charge is 0.129 e. The summed E-state index contributed by atoms with van der Waals surface area (Å²) >= 11 is 3.46. The van der Waals surface area contributed by atoms with Crippen molar-refractivity contribution in [2.75, 3.05) is 0 Å². The van der Waals surface area contributed by atoms with Gasteiger partial charge in [-0.1, -0.05) is 29.3 Å². The molecule has 0 amide bonds. The minimum Gasteiger partial charge on any atom is -0.300 e. The van der Waals surface area contributed by atoms with Crippen molar-refractivity contribution in [3.63, 3.8) is 0 Å². The van der Waals surface area contributed by atoms with Gasteiger partial charge >= 0.3 is 0 Å². The fourth-order valence-electron chi connectivity index (χ4n) is 0.800. The molecular weight excluding hydrogens is 192 g/mol. The summed E-state index contributed by atoms with van der Waals surface area (Å²) in [6, 6.07) is 0. The molecule has 0 spiro atoms. The Kier molecular flexibility index (Phi) is 5.99. The Hall–Kier alpha value is 0.150. The van der Waals surface area contributed by atoms with Gasteiger partial charge in [0.25, 0.3) is 0 Å². The third-order valence-corrected chi connectivity index (χ3v) is 1.84. The summed E-state index contributed by atoms with van der Waals surface area (Å²) in [7, 11) is 0. The molecule has 0 aliphatic carbocycles. The summed E-state index contributed by atoms with van der Waals surface area (Å²) in [4.78, 5) is 11.1. The van der Waals surface area contributed by atoms with E-state index in [2.05, 4.69) is 22.9 Å². The number of unbranched alkanes of at least 4 members (excludes halogenated alkanes) is 1. The molecule has 0 heterocycles. The highest BCUT2D eigenvalue weighted by Crippen LogP contribution is 2.09. The van der Waals surface area contributed by atoms with Gasteiger partial charge in [-0.15, -0.1) is 0 Å². The Labute approximate surface area is 71.3 Å². The van der Waals surface area contributed by atoms with E-state index in [1.54, 1.807) is 6.92 Å². The molecule has 0 N–H and O–H groups in total. The Morgan fingerprint density at radius 1 is 1.50 bits per heavy atom. The zero-order chi connectivity index (χ0) is 7.98. The van der Waals surface area contributed by atoms with Crippen molar-refractivity contribution in [3.05, 3.63) is 0 Å². The van der Waals surface area contributed by atoms with Crippen molar-refractivity contribution in [1.29, 1.82) is 0 Å². The first-order valence-corrected chi connectivity index (χ1v) is 4.68. The molecule has 10 heavy (non-hydrogen) atoms. The number of ketones is 1. The summed E-state index contributed by atoms with van der Waals surface area (Å²) in [5.74, 6) is 0.308. The maximum atomic E-state index is 10.5. The first-order chi connectivity index (χ1) is 4.63. The second-order valence-corrected chi connectivity index (χ2v) is 4.29. The number of alkyl halides is 1. The monoisotopic (exact) mass is 206 g/mol. The molecule has 0 aliphatic rings. The van der Waals surface area contributed by atoms with E-state index in [9.17, 15) is 4.79 Å². The minimum absolute atomic E-state index is 0.308. The first-order valence-electron chi connectivity index (χ1n) is 3.76. The molecule has 0 saturated carbocycles. The molecule has 0 aromatic rings. The van der Waals surface area contributed by atoms with Gasteiger partial charge in [-0.3, -0.25) is 0 Å². The van der Waals surface area contributed by atoms with E-state index < -0.39 is 0 Å². The minimum atomic E-state index is 0.308. The van der Waals surface area contributed by atoms with Crippen LogP contribution in [0.25, 0.3) is 0 Å². The van der Waals surface area contributed by atoms with Crippen molar-refractivity contribution in [3.8, 4) is 0 Å². The maximum absolute atomic E-state index is 10.5. The molecule has 2 heteroatoms. The largest absolute Gasteiger partial charge is 0.300 e. The summed E-state index contributed by atoms with van der Waals surface area (Å²) in [6.45, 7) is 3.78. The molecule has 0 saturated heterocycles. The standard InChI is InChI=1S/C8H15BrO/c1-7(9)5-3-4-6-8(2)10/h7H,3-6H2,1-2H3. The van der Waals surface area contributed by atoms with Gasteiger partial charge in [0.15, 0.2) is 0 Å². The molecule has 0 radical (unpaired) electrons. The van der Waals surface area contributed by atoms with Gasteiger partial charge in [0.1, 0.15) is 5.78 Å². The second kappa shape index (κ2) is 5.90. The number of hydrogen-bond donors (Lipinski definition) is 0. The summed E-state index contributed by atoms with van der Waals surface area (Å²) in [5, 5.41) is 0. The van der Waals surface area contributed by atoms with Crippen LogP contribution in [0.1, 0.15) is 39.5 Å². The number of carbonyl (C=O) groups is 1. The lowest BCUT2D eigenvalue weighted by molar-refractivity contribution is -0.117. The SMILES string of the molecule is CC(=O)CCCCC(C)Br. The predicted molar refractivity (Wildman–Crippen MR) is 47.5 cm³/mol. The molecule has 1 atom stereocenters. The highest BCUT2D eigenvalue weighted by atomic mass is 79.9. The quantitative estimate of drug-likeness (QED) is 0.500. The normalized spacial score (nSPS) is 13.1. The molecule has 60 valence electrons. The van der Waals surface area contributed by atoms with E-state index in [0.717, 1.165) is 19.3 Å². The summed E-state index contributed by atoms with van der Waals surface area (Å²) in [6.07, 6.45) is 4.13.